The van der Waals surface area contributed by atoms with Gasteiger partial charge < -0.3 is 10.4 Å². The zero-order valence-electron chi connectivity index (χ0n) is 10.2. The van der Waals surface area contributed by atoms with E-state index in [-0.39, 0.29) is 16.5 Å². The Kier molecular flexibility index (Phi) is 5.14. The third kappa shape index (κ3) is 3.98. The third-order valence-corrected chi connectivity index (χ3v) is 3.15. The Hall–Kier alpha value is -2.03. The van der Waals surface area contributed by atoms with Crippen molar-refractivity contribution < 1.29 is 24.0 Å². The van der Waals surface area contributed by atoms with Gasteiger partial charge in [-0.25, -0.2) is 4.39 Å². The van der Waals surface area contributed by atoms with Crippen molar-refractivity contribution in [2.75, 3.05) is 0 Å². The van der Waals surface area contributed by atoms with Crippen molar-refractivity contribution in [1.29, 1.82) is 0 Å². The largest absolute Gasteiger partial charge is 0.481 e. The molecule has 0 aromatic heterocycles. The van der Waals surface area contributed by atoms with Gasteiger partial charge in [0, 0.05) is 6.04 Å². The summed E-state index contributed by atoms with van der Waals surface area (Å²) < 4.78 is 13.1. The van der Waals surface area contributed by atoms with Crippen molar-refractivity contribution in [3.8, 4) is 0 Å². The maximum Gasteiger partial charge on any atom is 0.305 e. The average Bonchev–Trinajstić information content (AvgIpc) is 2.29. The molecule has 20 heavy (non-hydrogen) atoms. The number of carbonyl (C=O) groups is 2. The van der Waals surface area contributed by atoms with E-state index >= 15 is 0 Å². The Morgan fingerprint density at radius 2 is 2.15 bits per heavy atom. The summed E-state index contributed by atoms with van der Waals surface area (Å²) in [4.78, 5) is 32.2. The van der Waals surface area contributed by atoms with Gasteiger partial charge in [0.15, 0.2) is 0 Å². The molecule has 9 heteroatoms. The first-order chi connectivity index (χ1) is 9.22. The van der Waals surface area contributed by atoms with Crippen molar-refractivity contribution >= 4 is 33.5 Å². The minimum atomic E-state index is -1.11. The van der Waals surface area contributed by atoms with Gasteiger partial charge in [0.1, 0.15) is 10.3 Å². The second-order valence-electron chi connectivity index (χ2n) is 4.02. The molecule has 2 N–H and O–H groups in total. The number of aliphatic carboxylic acids is 1. The molecule has 0 saturated heterocycles. The first-order valence-electron chi connectivity index (χ1n) is 5.38. The molecule has 0 aliphatic carbocycles. The molecule has 108 valence electrons. The molecule has 7 nitrogen and oxygen atoms in total. The van der Waals surface area contributed by atoms with Crippen LogP contribution in [0.1, 0.15) is 23.7 Å². The van der Waals surface area contributed by atoms with Gasteiger partial charge in [0.25, 0.3) is 11.6 Å². The van der Waals surface area contributed by atoms with Crippen LogP contribution in [0.2, 0.25) is 0 Å². The molecular formula is C11H10BrFN2O5. The number of amides is 1. The molecule has 0 saturated carbocycles. The Balaban J connectivity index is 3.04. The number of nitro benzene ring substituents is 1. The van der Waals surface area contributed by atoms with Crippen LogP contribution in [0.4, 0.5) is 10.1 Å². The van der Waals surface area contributed by atoms with Crippen LogP contribution in [-0.2, 0) is 4.79 Å². The number of nitro groups is 1. The minimum absolute atomic E-state index is 0.163. The third-order valence-electron chi connectivity index (χ3n) is 2.32. The normalized spacial score (nSPS) is 11.8. The van der Waals surface area contributed by atoms with Crippen LogP contribution in [-0.4, -0.2) is 27.9 Å². The van der Waals surface area contributed by atoms with E-state index in [4.69, 9.17) is 5.11 Å². The van der Waals surface area contributed by atoms with Crippen LogP contribution in [0, 0.1) is 15.9 Å². The Morgan fingerprint density at radius 3 is 2.65 bits per heavy atom. The fraction of sp³-hybridized carbons (Fsp3) is 0.273. The maximum atomic E-state index is 13.3. The number of nitrogens with zero attached hydrogens (tertiary/aromatic N) is 1. The zero-order valence-corrected chi connectivity index (χ0v) is 11.8. The van der Waals surface area contributed by atoms with Gasteiger partial charge in [-0.15, -0.1) is 0 Å². The second kappa shape index (κ2) is 6.42. The van der Waals surface area contributed by atoms with E-state index in [1.165, 1.54) is 6.92 Å². The number of halogens is 2. The predicted molar refractivity (Wildman–Crippen MR) is 69.9 cm³/mol. The molecule has 1 atom stereocenters. The summed E-state index contributed by atoms with van der Waals surface area (Å²) in [6.45, 7) is 1.45. The van der Waals surface area contributed by atoms with Gasteiger partial charge >= 0.3 is 5.97 Å². The van der Waals surface area contributed by atoms with Crippen molar-refractivity contribution in [2.24, 2.45) is 0 Å². The SMILES string of the molecule is CC(CC(=O)O)NC(=O)c1cc(F)cc([N+](=O)[O-])c1Br. The van der Waals surface area contributed by atoms with Crippen LogP contribution < -0.4 is 5.32 Å². The topological polar surface area (TPSA) is 110 Å². The maximum absolute atomic E-state index is 13.3. The first-order valence-corrected chi connectivity index (χ1v) is 6.17. The molecule has 0 aliphatic rings. The molecule has 0 aliphatic heterocycles. The monoisotopic (exact) mass is 348 g/mol. The predicted octanol–water partition coefficient (Wildman–Crippen LogP) is 2.09. The second-order valence-corrected chi connectivity index (χ2v) is 4.81. The number of benzene rings is 1. The molecular weight excluding hydrogens is 339 g/mol. The van der Waals surface area contributed by atoms with Crippen molar-refractivity contribution in [3.63, 3.8) is 0 Å². The van der Waals surface area contributed by atoms with Crippen LogP contribution in [0.5, 0.6) is 0 Å². The highest BCUT2D eigenvalue weighted by atomic mass is 79.9. The lowest BCUT2D eigenvalue weighted by atomic mass is 10.1. The fourth-order valence-corrected chi connectivity index (χ4v) is 2.04. The Labute approximate surface area is 121 Å². The van der Waals surface area contributed by atoms with E-state index in [0.29, 0.717) is 6.07 Å². The molecule has 0 heterocycles. The van der Waals surface area contributed by atoms with Gasteiger partial charge in [-0.05, 0) is 28.9 Å². The summed E-state index contributed by atoms with van der Waals surface area (Å²) in [6.07, 6.45) is -0.319. The van der Waals surface area contributed by atoms with Gasteiger partial charge in [0.05, 0.1) is 23.0 Å². The number of nitrogens with one attached hydrogen (secondary N) is 1. The highest BCUT2D eigenvalue weighted by Crippen LogP contribution is 2.29. The Bertz CT molecular complexity index is 578. The smallest absolute Gasteiger partial charge is 0.305 e. The molecule has 0 spiro atoms. The molecule has 0 bridgehead atoms. The van der Waals surface area contributed by atoms with Gasteiger partial charge in [-0.1, -0.05) is 0 Å². The van der Waals surface area contributed by atoms with Crippen molar-refractivity contribution in [2.45, 2.75) is 19.4 Å². The van der Waals surface area contributed by atoms with Crippen LogP contribution in [0.3, 0.4) is 0 Å². The summed E-state index contributed by atoms with van der Waals surface area (Å²) in [5, 5.41) is 21.6. The molecule has 1 unspecified atom stereocenters. The quantitative estimate of drug-likeness (QED) is 0.625. The van der Waals surface area contributed by atoms with Gasteiger partial charge in [0.2, 0.25) is 0 Å². The van der Waals surface area contributed by atoms with E-state index < -0.39 is 34.3 Å². The summed E-state index contributed by atoms with van der Waals surface area (Å²) in [7, 11) is 0. The average molecular weight is 349 g/mol. The number of hydrogen-bond acceptors (Lipinski definition) is 4. The minimum Gasteiger partial charge on any atom is -0.481 e. The molecule has 0 fully saturated rings. The Morgan fingerprint density at radius 1 is 1.55 bits per heavy atom. The summed E-state index contributed by atoms with van der Waals surface area (Å²) >= 11 is 2.87. The van der Waals surface area contributed by atoms with Crippen molar-refractivity contribution in [3.05, 3.63) is 38.1 Å². The number of carbonyl (C=O) groups excluding carboxylic acids is 1. The molecule has 1 rings (SSSR count). The standard InChI is InChI=1S/C11H10BrFN2O5/c1-5(2-9(16)17)14-11(18)7-3-6(13)4-8(10(7)12)15(19)20/h3-5H,2H2,1H3,(H,14,18)(H,16,17). The number of rotatable bonds is 5. The van der Waals surface area contributed by atoms with E-state index in [2.05, 4.69) is 21.2 Å². The number of carboxylic acids is 1. The summed E-state index contributed by atoms with van der Waals surface area (Å²) in [5.41, 5.74) is -0.852. The molecule has 1 aromatic carbocycles. The first kappa shape index (κ1) is 16.0. The van der Waals surface area contributed by atoms with E-state index in [1.807, 2.05) is 0 Å². The lowest BCUT2D eigenvalue weighted by molar-refractivity contribution is -0.385. The zero-order chi connectivity index (χ0) is 15.4. The molecule has 0 radical (unpaired) electrons. The van der Waals surface area contributed by atoms with Gasteiger partial charge in [-0.3, -0.25) is 19.7 Å². The van der Waals surface area contributed by atoms with E-state index in [1.54, 1.807) is 0 Å². The van der Waals surface area contributed by atoms with E-state index in [0.717, 1.165) is 6.07 Å². The van der Waals surface area contributed by atoms with Gasteiger partial charge in [-0.2, -0.15) is 0 Å². The highest BCUT2D eigenvalue weighted by Gasteiger charge is 2.23. The van der Waals surface area contributed by atoms with Crippen molar-refractivity contribution in [1.82, 2.24) is 5.32 Å². The summed E-state index contributed by atoms with van der Waals surface area (Å²) in [5.74, 6) is -2.84. The van der Waals surface area contributed by atoms with E-state index in [9.17, 15) is 24.1 Å². The lowest BCUT2D eigenvalue weighted by Gasteiger charge is -2.12. The molecule has 1 amide bonds. The highest BCUT2D eigenvalue weighted by molar-refractivity contribution is 9.10. The number of hydrogen-bond donors (Lipinski definition) is 2. The fourth-order valence-electron chi connectivity index (χ4n) is 1.49. The lowest BCUT2D eigenvalue weighted by Crippen LogP contribution is -2.34. The van der Waals surface area contributed by atoms with Crippen LogP contribution >= 0.6 is 15.9 Å². The van der Waals surface area contributed by atoms with Crippen LogP contribution in [0.25, 0.3) is 0 Å². The van der Waals surface area contributed by atoms with Crippen LogP contribution in [0.15, 0.2) is 16.6 Å². The summed E-state index contributed by atoms with van der Waals surface area (Å²) in [6, 6.07) is 0.816. The number of carboxylic acid groups (broad SMARTS) is 1. The molecule has 1 aromatic rings.